The third-order valence-electron chi connectivity index (χ3n) is 4.27. The predicted octanol–water partition coefficient (Wildman–Crippen LogP) is 5.59. The summed E-state index contributed by atoms with van der Waals surface area (Å²) in [5.41, 5.74) is 3.79. The number of furan rings is 1. The van der Waals surface area contributed by atoms with Gasteiger partial charge >= 0.3 is 0 Å². The molecule has 0 atom stereocenters. The lowest BCUT2D eigenvalue weighted by Gasteiger charge is -2.16. The van der Waals surface area contributed by atoms with Crippen molar-refractivity contribution in [1.82, 2.24) is 0 Å². The average Bonchev–Trinajstić information content (AvgIpc) is 3.26. The number of benzene rings is 1. The zero-order valence-corrected chi connectivity index (χ0v) is 16.6. The van der Waals surface area contributed by atoms with Crippen LogP contribution in [0.4, 0.5) is 10.7 Å². The van der Waals surface area contributed by atoms with E-state index in [1.807, 2.05) is 32.0 Å². The number of carbonyl (C=O) groups excluding carboxylic acids is 2. The van der Waals surface area contributed by atoms with Crippen LogP contribution in [0.3, 0.4) is 0 Å². The number of hydrogen-bond donors (Lipinski definition) is 2. The van der Waals surface area contributed by atoms with E-state index in [1.54, 1.807) is 18.2 Å². The van der Waals surface area contributed by atoms with Gasteiger partial charge in [-0.15, -0.1) is 11.3 Å². The van der Waals surface area contributed by atoms with Gasteiger partial charge < -0.3 is 15.1 Å². The lowest BCUT2D eigenvalue weighted by atomic mass is 9.98. The number of carbonyl (C=O) groups is 2. The fourth-order valence-electron chi connectivity index (χ4n) is 2.86. The molecular weight excluding hydrogens is 360 g/mol. The van der Waals surface area contributed by atoms with E-state index in [9.17, 15) is 9.59 Å². The van der Waals surface area contributed by atoms with Crippen molar-refractivity contribution in [2.24, 2.45) is 0 Å². The van der Waals surface area contributed by atoms with E-state index >= 15 is 0 Å². The van der Waals surface area contributed by atoms with E-state index in [0.29, 0.717) is 15.8 Å². The number of thiophene rings is 1. The minimum absolute atomic E-state index is 0.174. The van der Waals surface area contributed by atoms with Crippen molar-refractivity contribution in [3.63, 3.8) is 0 Å². The van der Waals surface area contributed by atoms with Crippen molar-refractivity contribution in [3.8, 4) is 0 Å². The fraction of sp³-hybridized carbons (Fsp3) is 0.238. The Bertz CT molecular complexity index is 971. The van der Waals surface area contributed by atoms with Crippen molar-refractivity contribution < 1.29 is 14.0 Å². The molecule has 2 aromatic heterocycles. The summed E-state index contributed by atoms with van der Waals surface area (Å²) in [4.78, 5) is 25.6. The number of rotatable bonds is 5. The van der Waals surface area contributed by atoms with Crippen molar-refractivity contribution in [2.75, 3.05) is 10.6 Å². The molecule has 1 aromatic carbocycles. The van der Waals surface area contributed by atoms with Gasteiger partial charge in [-0.3, -0.25) is 9.59 Å². The molecule has 0 radical (unpaired) electrons. The molecule has 6 heteroatoms. The van der Waals surface area contributed by atoms with Gasteiger partial charge in [0.25, 0.3) is 11.8 Å². The first kappa shape index (κ1) is 18.9. The van der Waals surface area contributed by atoms with Gasteiger partial charge in [-0.1, -0.05) is 32.0 Å². The fourth-order valence-corrected chi connectivity index (χ4v) is 3.83. The molecule has 27 heavy (non-hydrogen) atoms. The molecule has 0 aliphatic carbocycles. The Hall–Kier alpha value is -2.86. The Morgan fingerprint density at radius 1 is 1.00 bits per heavy atom. The maximum atomic E-state index is 12.9. The standard InChI is InChI=1S/C21H22N2O3S/c1-12(2)15-8-5-7-13(3)18(15)23-21(25)19-14(4)11-17(27-19)22-20(24)16-9-6-10-26-16/h5-12H,1-4H3,(H,22,24)(H,23,25). The van der Waals surface area contributed by atoms with Gasteiger partial charge in [0.1, 0.15) is 0 Å². The van der Waals surface area contributed by atoms with Crippen LogP contribution in [0.25, 0.3) is 0 Å². The van der Waals surface area contributed by atoms with E-state index in [-0.39, 0.29) is 17.6 Å². The Labute approximate surface area is 162 Å². The van der Waals surface area contributed by atoms with Gasteiger partial charge in [-0.25, -0.2) is 0 Å². The molecule has 5 nitrogen and oxygen atoms in total. The molecule has 0 bridgehead atoms. The Morgan fingerprint density at radius 3 is 2.44 bits per heavy atom. The molecule has 0 spiro atoms. The van der Waals surface area contributed by atoms with Crippen molar-refractivity contribution in [1.29, 1.82) is 0 Å². The van der Waals surface area contributed by atoms with Crippen LogP contribution in [0.15, 0.2) is 47.1 Å². The first-order chi connectivity index (χ1) is 12.9. The summed E-state index contributed by atoms with van der Waals surface area (Å²) in [5.74, 6) is 0.0164. The molecule has 2 N–H and O–H groups in total. The lowest BCUT2D eigenvalue weighted by molar-refractivity contribution is 0.0995. The number of para-hydroxylation sites is 1. The van der Waals surface area contributed by atoms with Crippen LogP contribution in [0.1, 0.15) is 56.7 Å². The molecule has 0 aliphatic rings. The summed E-state index contributed by atoms with van der Waals surface area (Å²) < 4.78 is 5.09. The predicted molar refractivity (Wildman–Crippen MR) is 109 cm³/mol. The van der Waals surface area contributed by atoms with Crippen LogP contribution in [0, 0.1) is 13.8 Å². The summed E-state index contributed by atoms with van der Waals surface area (Å²) >= 11 is 1.25. The largest absolute Gasteiger partial charge is 0.459 e. The van der Waals surface area contributed by atoms with E-state index < -0.39 is 0 Å². The summed E-state index contributed by atoms with van der Waals surface area (Å²) in [6, 6.07) is 11.1. The van der Waals surface area contributed by atoms with Crippen molar-refractivity contribution in [2.45, 2.75) is 33.6 Å². The van der Waals surface area contributed by atoms with E-state index in [2.05, 4.69) is 24.5 Å². The third-order valence-corrected chi connectivity index (χ3v) is 5.42. The highest BCUT2D eigenvalue weighted by Crippen LogP contribution is 2.31. The van der Waals surface area contributed by atoms with E-state index in [4.69, 9.17) is 4.42 Å². The van der Waals surface area contributed by atoms with Gasteiger partial charge in [0.2, 0.25) is 0 Å². The Kier molecular flexibility index (Phi) is 5.46. The van der Waals surface area contributed by atoms with Gasteiger partial charge in [0.15, 0.2) is 5.76 Å². The van der Waals surface area contributed by atoms with Crippen LogP contribution < -0.4 is 10.6 Å². The number of hydrogen-bond acceptors (Lipinski definition) is 4. The van der Waals surface area contributed by atoms with Gasteiger partial charge in [-0.2, -0.15) is 0 Å². The lowest BCUT2D eigenvalue weighted by Crippen LogP contribution is -2.14. The minimum atomic E-state index is -0.339. The topological polar surface area (TPSA) is 71.3 Å². The zero-order chi connectivity index (χ0) is 19.6. The highest BCUT2D eigenvalue weighted by molar-refractivity contribution is 7.18. The van der Waals surface area contributed by atoms with Crippen LogP contribution in [-0.2, 0) is 0 Å². The summed E-state index contributed by atoms with van der Waals surface area (Å²) in [5, 5.41) is 6.43. The second-order valence-electron chi connectivity index (χ2n) is 6.70. The molecule has 2 amide bonds. The second kappa shape index (κ2) is 7.80. The van der Waals surface area contributed by atoms with Crippen molar-refractivity contribution in [3.05, 3.63) is 70.0 Å². The van der Waals surface area contributed by atoms with E-state index in [1.165, 1.54) is 17.6 Å². The molecule has 0 aliphatic heterocycles. The smallest absolute Gasteiger partial charge is 0.291 e. The minimum Gasteiger partial charge on any atom is -0.459 e. The molecular formula is C21H22N2O3S. The average molecular weight is 382 g/mol. The maximum absolute atomic E-state index is 12.9. The second-order valence-corrected chi connectivity index (χ2v) is 7.75. The molecule has 0 saturated heterocycles. The molecule has 0 unspecified atom stereocenters. The zero-order valence-electron chi connectivity index (χ0n) is 15.8. The van der Waals surface area contributed by atoms with Crippen LogP contribution in [0.5, 0.6) is 0 Å². The van der Waals surface area contributed by atoms with Crippen LogP contribution in [-0.4, -0.2) is 11.8 Å². The number of anilines is 2. The molecule has 140 valence electrons. The first-order valence-electron chi connectivity index (χ1n) is 8.73. The van der Waals surface area contributed by atoms with Crippen molar-refractivity contribution >= 4 is 33.8 Å². The molecule has 3 aromatic rings. The summed E-state index contributed by atoms with van der Waals surface area (Å²) in [6.45, 7) is 8.04. The number of aryl methyl sites for hydroxylation is 2. The third kappa shape index (κ3) is 4.11. The van der Waals surface area contributed by atoms with Crippen LogP contribution >= 0.6 is 11.3 Å². The SMILES string of the molecule is Cc1cc(NC(=O)c2ccco2)sc1C(=O)Nc1c(C)cccc1C(C)C. The molecule has 3 rings (SSSR count). The van der Waals surface area contributed by atoms with Gasteiger partial charge in [-0.05, 0) is 54.7 Å². The number of amides is 2. The molecule has 0 fully saturated rings. The monoisotopic (exact) mass is 382 g/mol. The number of nitrogens with one attached hydrogen (secondary N) is 2. The summed E-state index contributed by atoms with van der Waals surface area (Å²) in [7, 11) is 0. The summed E-state index contributed by atoms with van der Waals surface area (Å²) in [6.07, 6.45) is 1.45. The highest BCUT2D eigenvalue weighted by atomic mass is 32.1. The first-order valence-corrected chi connectivity index (χ1v) is 9.54. The molecule has 0 saturated carbocycles. The Morgan fingerprint density at radius 2 is 1.78 bits per heavy atom. The Balaban J connectivity index is 1.81. The van der Waals surface area contributed by atoms with Crippen LogP contribution in [0.2, 0.25) is 0 Å². The van der Waals surface area contributed by atoms with Gasteiger partial charge in [0.05, 0.1) is 16.1 Å². The quantitative estimate of drug-likeness (QED) is 0.604. The van der Waals surface area contributed by atoms with Gasteiger partial charge in [0, 0.05) is 5.69 Å². The molecule has 2 heterocycles. The maximum Gasteiger partial charge on any atom is 0.291 e. The normalized spacial score (nSPS) is 10.9. The highest BCUT2D eigenvalue weighted by Gasteiger charge is 2.19. The van der Waals surface area contributed by atoms with E-state index in [0.717, 1.165) is 22.4 Å².